The third-order valence-corrected chi connectivity index (χ3v) is 3.64. The van der Waals surface area contributed by atoms with Crippen LogP contribution in [0.3, 0.4) is 0 Å². The zero-order valence-electron chi connectivity index (χ0n) is 10.2. The summed E-state index contributed by atoms with van der Waals surface area (Å²) in [5.41, 5.74) is 1.24. The Morgan fingerprint density at radius 2 is 2.11 bits per heavy atom. The number of anilines is 1. The van der Waals surface area contributed by atoms with Crippen LogP contribution < -0.4 is 4.90 Å². The molecule has 1 nitrogen and oxygen atoms in total. The zero-order chi connectivity index (χ0) is 14.0. The molecule has 1 atom stereocenters. The molecule has 1 saturated heterocycles. The molecule has 1 aromatic rings. The average Bonchev–Trinajstić information content (AvgIpc) is 2.37. The molecule has 102 valence electrons. The van der Waals surface area contributed by atoms with Gasteiger partial charge in [0.1, 0.15) is 0 Å². The van der Waals surface area contributed by atoms with Gasteiger partial charge in [0.2, 0.25) is 0 Å². The van der Waals surface area contributed by atoms with Crippen molar-refractivity contribution in [3.63, 3.8) is 0 Å². The van der Waals surface area contributed by atoms with E-state index < -0.39 is 12.1 Å². The van der Waals surface area contributed by atoms with Crippen LogP contribution in [-0.2, 0) is 0 Å². The lowest BCUT2D eigenvalue weighted by Gasteiger charge is -2.35. The molecule has 0 aliphatic carbocycles. The van der Waals surface area contributed by atoms with Gasteiger partial charge in [-0.15, -0.1) is 6.42 Å². The largest absolute Gasteiger partial charge is 0.393 e. The van der Waals surface area contributed by atoms with Crippen molar-refractivity contribution in [2.75, 3.05) is 18.0 Å². The lowest BCUT2D eigenvalue weighted by Crippen LogP contribution is -2.41. The molecule has 0 spiro atoms. The Bertz CT molecular complexity index is 504. The molecule has 1 unspecified atom stereocenters. The summed E-state index contributed by atoms with van der Waals surface area (Å²) in [7, 11) is 0. The van der Waals surface area contributed by atoms with Gasteiger partial charge < -0.3 is 4.90 Å². The second-order valence-electron chi connectivity index (χ2n) is 4.64. The van der Waals surface area contributed by atoms with Crippen molar-refractivity contribution in [1.29, 1.82) is 0 Å². The number of hydrogen-bond acceptors (Lipinski definition) is 1. The minimum absolute atomic E-state index is 0.0430. The Hall–Kier alpha value is -1.34. The molecule has 1 aliphatic rings. The summed E-state index contributed by atoms with van der Waals surface area (Å²) in [6, 6.07) is 4.99. The molecule has 1 fully saturated rings. The molecule has 0 saturated carbocycles. The van der Waals surface area contributed by atoms with Crippen molar-refractivity contribution in [1.82, 2.24) is 0 Å². The van der Waals surface area contributed by atoms with Crippen molar-refractivity contribution in [2.45, 2.75) is 19.0 Å². The molecule has 0 N–H and O–H groups in total. The van der Waals surface area contributed by atoms with Gasteiger partial charge in [0.15, 0.2) is 0 Å². The monoisotopic (exact) mass is 287 g/mol. The number of alkyl halides is 3. The Labute approximate surface area is 115 Å². The topological polar surface area (TPSA) is 3.24 Å². The predicted molar refractivity (Wildman–Crippen MR) is 70.4 cm³/mol. The van der Waals surface area contributed by atoms with E-state index in [1.165, 1.54) is 0 Å². The fourth-order valence-corrected chi connectivity index (χ4v) is 2.62. The number of hydrogen-bond donors (Lipinski definition) is 0. The second kappa shape index (κ2) is 5.34. The first kappa shape index (κ1) is 14.1. The summed E-state index contributed by atoms with van der Waals surface area (Å²) >= 11 is 6.09. The quantitative estimate of drug-likeness (QED) is 0.703. The van der Waals surface area contributed by atoms with E-state index in [0.717, 1.165) is 0 Å². The fourth-order valence-electron chi connectivity index (χ4n) is 2.32. The Kier molecular flexibility index (Phi) is 3.96. The first-order valence-corrected chi connectivity index (χ1v) is 6.37. The van der Waals surface area contributed by atoms with E-state index in [4.69, 9.17) is 18.0 Å². The van der Waals surface area contributed by atoms with Gasteiger partial charge in [-0.05, 0) is 31.0 Å². The SMILES string of the molecule is C#Cc1ccc(N2CCCC(C(F)(F)F)C2)c(Cl)c1. The summed E-state index contributed by atoms with van der Waals surface area (Å²) in [6.45, 7) is 0.542. The van der Waals surface area contributed by atoms with E-state index in [1.807, 2.05) is 0 Å². The van der Waals surface area contributed by atoms with Gasteiger partial charge in [-0.25, -0.2) is 0 Å². The van der Waals surface area contributed by atoms with Crippen LogP contribution in [-0.4, -0.2) is 19.3 Å². The van der Waals surface area contributed by atoms with Crippen molar-refractivity contribution in [3.8, 4) is 12.3 Å². The fraction of sp³-hybridized carbons (Fsp3) is 0.429. The molecule has 1 heterocycles. The van der Waals surface area contributed by atoms with Crippen molar-refractivity contribution in [3.05, 3.63) is 28.8 Å². The molecule has 0 aromatic heterocycles. The third-order valence-electron chi connectivity index (χ3n) is 3.34. The summed E-state index contributed by atoms with van der Waals surface area (Å²) in [6.07, 6.45) is 1.80. The van der Waals surface area contributed by atoms with Crippen LogP contribution in [0.25, 0.3) is 0 Å². The normalized spacial score (nSPS) is 20.2. The summed E-state index contributed by atoms with van der Waals surface area (Å²) in [5.74, 6) is 1.16. The molecular weight excluding hydrogens is 275 g/mol. The number of rotatable bonds is 1. The number of halogens is 4. The van der Waals surface area contributed by atoms with Crippen LogP contribution in [0.1, 0.15) is 18.4 Å². The average molecular weight is 288 g/mol. The van der Waals surface area contributed by atoms with Crippen LogP contribution in [0.2, 0.25) is 5.02 Å². The van der Waals surface area contributed by atoms with E-state index in [2.05, 4.69) is 5.92 Å². The predicted octanol–water partition coefficient (Wildman–Crippen LogP) is 4.10. The number of benzene rings is 1. The molecule has 19 heavy (non-hydrogen) atoms. The molecule has 1 aliphatic heterocycles. The van der Waals surface area contributed by atoms with Gasteiger partial charge in [-0.3, -0.25) is 0 Å². The number of piperidine rings is 1. The highest BCUT2D eigenvalue weighted by atomic mass is 35.5. The van der Waals surface area contributed by atoms with Crippen LogP contribution in [0.15, 0.2) is 18.2 Å². The van der Waals surface area contributed by atoms with Gasteiger partial charge in [0.05, 0.1) is 16.6 Å². The number of nitrogens with zero attached hydrogens (tertiary/aromatic N) is 1. The Morgan fingerprint density at radius 1 is 1.37 bits per heavy atom. The lowest BCUT2D eigenvalue weighted by molar-refractivity contribution is -0.175. The Balaban J connectivity index is 2.20. The summed E-state index contributed by atoms with van der Waals surface area (Å²) in [5, 5.41) is 0.401. The second-order valence-corrected chi connectivity index (χ2v) is 5.04. The van der Waals surface area contributed by atoms with E-state index in [1.54, 1.807) is 23.1 Å². The highest BCUT2D eigenvalue weighted by Crippen LogP contribution is 2.36. The third kappa shape index (κ3) is 3.16. The van der Waals surface area contributed by atoms with Crippen molar-refractivity contribution < 1.29 is 13.2 Å². The molecule has 2 rings (SSSR count). The maximum absolute atomic E-state index is 12.8. The van der Waals surface area contributed by atoms with Crippen molar-refractivity contribution in [2.24, 2.45) is 5.92 Å². The lowest BCUT2D eigenvalue weighted by atomic mass is 9.97. The first-order chi connectivity index (χ1) is 8.91. The van der Waals surface area contributed by atoms with Gasteiger partial charge in [0, 0.05) is 18.7 Å². The molecule has 0 bridgehead atoms. The van der Waals surface area contributed by atoms with E-state index in [0.29, 0.717) is 29.2 Å². The molecule has 1 aromatic carbocycles. The highest BCUT2D eigenvalue weighted by Gasteiger charge is 2.42. The highest BCUT2D eigenvalue weighted by molar-refractivity contribution is 6.33. The van der Waals surface area contributed by atoms with Gasteiger partial charge in [-0.2, -0.15) is 13.2 Å². The van der Waals surface area contributed by atoms with E-state index in [9.17, 15) is 13.2 Å². The zero-order valence-corrected chi connectivity index (χ0v) is 10.9. The number of terminal acetylenes is 1. The van der Waals surface area contributed by atoms with E-state index >= 15 is 0 Å². The molecular formula is C14H13ClF3N. The molecule has 0 amide bonds. The van der Waals surface area contributed by atoms with Crippen LogP contribution in [0.5, 0.6) is 0 Å². The molecule has 0 radical (unpaired) electrons. The van der Waals surface area contributed by atoms with Crippen LogP contribution in [0, 0.1) is 18.3 Å². The standard InChI is InChI=1S/C14H13ClF3N/c1-2-10-5-6-13(12(15)8-10)19-7-3-4-11(9-19)14(16,17)18/h1,5-6,8,11H,3-4,7,9H2. The minimum atomic E-state index is -4.15. The van der Waals surface area contributed by atoms with Gasteiger partial charge in [0.25, 0.3) is 0 Å². The van der Waals surface area contributed by atoms with Crippen LogP contribution in [0.4, 0.5) is 18.9 Å². The smallest absolute Gasteiger partial charge is 0.370 e. The van der Waals surface area contributed by atoms with Gasteiger partial charge in [-0.1, -0.05) is 17.5 Å². The van der Waals surface area contributed by atoms with Crippen molar-refractivity contribution >= 4 is 17.3 Å². The maximum Gasteiger partial charge on any atom is 0.393 e. The van der Waals surface area contributed by atoms with E-state index in [-0.39, 0.29) is 13.0 Å². The van der Waals surface area contributed by atoms with Gasteiger partial charge >= 0.3 is 6.18 Å². The first-order valence-electron chi connectivity index (χ1n) is 5.99. The minimum Gasteiger partial charge on any atom is -0.370 e. The molecule has 5 heteroatoms. The Morgan fingerprint density at radius 3 is 2.68 bits per heavy atom. The summed E-state index contributed by atoms with van der Waals surface area (Å²) in [4.78, 5) is 1.68. The summed E-state index contributed by atoms with van der Waals surface area (Å²) < 4.78 is 38.3. The van der Waals surface area contributed by atoms with Crippen LogP contribution >= 0.6 is 11.6 Å². The maximum atomic E-state index is 12.8.